The fourth-order valence-corrected chi connectivity index (χ4v) is 0.943. The lowest BCUT2D eigenvalue weighted by Gasteiger charge is -2.06. The van der Waals surface area contributed by atoms with Gasteiger partial charge in [-0.3, -0.25) is 4.99 Å². The molecule has 0 saturated carbocycles. The Labute approximate surface area is 65.6 Å². The molecular weight excluding hydrogens is 140 g/mol. The Morgan fingerprint density at radius 3 is 3.09 bits per heavy atom. The summed E-state index contributed by atoms with van der Waals surface area (Å²) in [5.74, 6) is 2.68. The van der Waals surface area contributed by atoms with Crippen molar-refractivity contribution in [3.63, 3.8) is 0 Å². The van der Waals surface area contributed by atoms with Crippen LogP contribution in [0.3, 0.4) is 0 Å². The summed E-state index contributed by atoms with van der Waals surface area (Å²) < 4.78 is 0. The van der Waals surface area contributed by atoms with E-state index >= 15 is 0 Å². The van der Waals surface area contributed by atoms with Crippen LogP contribution in [0.2, 0.25) is 0 Å². The van der Waals surface area contributed by atoms with Crippen molar-refractivity contribution < 1.29 is 5.11 Å². The summed E-state index contributed by atoms with van der Waals surface area (Å²) in [6, 6.07) is -0.272. The molecule has 0 fully saturated rings. The van der Waals surface area contributed by atoms with Gasteiger partial charge in [-0.05, 0) is 0 Å². The molecule has 3 nitrogen and oxygen atoms in total. The molecule has 0 amide bonds. The van der Waals surface area contributed by atoms with Gasteiger partial charge in [0.05, 0.1) is 6.54 Å². The average Bonchev–Trinajstić information content (AvgIpc) is 2.36. The number of hydrogen-bond acceptors (Lipinski definition) is 3. The van der Waals surface area contributed by atoms with Crippen molar-refractivity contribution in [2.45, 2.75) is 12.5 Å². The number of nitrogens with zero attached hydrogens (tertiary/aromatic N) is 1. The maximum Gasteiger partial charge on any atom is 0.120 e. The third-order valence-electron chi connectivity index (χ3n) is 1.54. The quantitative estimate of drug-likeness (QED) is 0.554. The number of aliphatic imine (C=N–C) groups is 1. The predicted molar refractivity (Wildman–Crippen MR) is 44.4 cm³/mol. The minimum absolute atomic E-state index is 0.243. The van der Waals surface area contributed by atoms with Crippen LogP contribution in [0.15, 0.2) is 16.3 Å². The third-order valence-corrected chi connectivity index (χ3v) is 1.54. The van der Waals surface area contributed by atoms with Crippen LogP contribution in [0, 0.1) is 12.3 Å². The number of terminal acetylenes is 1. The average molecular weight is 150 g/mol. The van der Waals surface area contributed by atoms with E-state index in [4.69, 9.17) is 12.2 Å². The molecule has 0 bridgehead atoms. The van der Waals surface area contributed by atoms with E-state index in [0.717, 1.165) is 0 Å². The highest BCUT2D eigenvalue weighted by atomic mass is 16.3. The lowest BCUT2D eigenvalue weighted by Crippen LogP contribution is -2.23. The van der Waals surface area contributed by atoms with Gasteiger partial charge in [-0.1, -0.05) is 0 Å². The fourth-order valence-electron chi connectivity index (χ4n) is 0.943. The molecule has 1 heterocycles. The first kappa shape index (κ1) is 7.83. The maximum absolute atomic E-state index is 9.19. The zero-order valence-electron chi connectivity index (χ0n) is 6.12. The molecule has 0 aromatic heterocycles. The highest BCUT2D eigenvalue weighted by molar-refractivity contribution is 5.83. The van der Waals surface area contributed by atoms with Crippen LogP contribution < -0.4 is 5.73 Å². The normalized spacial score (nSPS) is 18.5. The smallest absolute Gasteiger partial charge is 0.120 e. The molecular formula is C8H10N2O. The SMILES string of the molecule is C#CC[C@H](N)C1=C(O)CN=C1. The monoisotopic (exact) mass is 150 g/mol. The summed E-state index contributed by atoms with van der Waals surface area (Å²) in [6.45, 7) is 0.341. The Morgan fingerprint density at radius 1 is 1.91 bits per heavy atom. The molecule has 0 aliphatic carbocycles. The Bertz CT molecular complexity index is 247. The van der Waals surface area contributed by atoms with Gasteiger partial charge in [0.25, 0.3) is 0 Å². The van der Waals surface area contributed by atoms with E-state index in [9.17, 15) is 5.11 Å². The lowest BCUT2D eigenvalue weighted by molar-refractivity contribution is 0.400. The van der Waals surface area contributed by atoms with Gasteiger partial charge in [0, 0.05) is 24.3 Å². The first-order valence-electron chi connectivity index (χ1n) is 3.36. The van der Waals surface area contributed by atoms with E-state index in [-0.39, 0.29) is 11.8 Å². The van der Waals surface area contributed by atoms with E-state index in [1.54, 1.807) is 6.21 Å². The fraction of sp³-hybridized carbons (Fsp3) is 0.375. The van der Waals surface area contributed by atoms with E-state index in [1.807, 2.05) is 0 Å². The van der Waals surface area contributed by atoms with Crippen molar-refractivity contribution in [2.75, 3.05) is 6.54 Å². The zero-order valence-corrected chi connectivity index (χ0v) is 6.12. The lowest BCUT2D eigenvalue weighted by atomic mass is 10.1. The van der Waals surface area contributed by atoms with Crippen LogP contribution in [0.25, 0.3) is 0 Å². The molecule has 0 radical (unpaired) electrons. The number of rotatable bonds is 2. The van der Waals surface area contributed by atoms with Gasteiger partial charge in [-0.15, -0.1) is 12.3 Å². The van der Waals surface area contributed by atoms with Crippen molar-refractivity contribution >= 4 is 6.21 Å². The molecule has 0 unspecified atom stereocenters. The molecule has 11 heavy (non-hydrogen) atoms. The van der Waals surface area contributed by atoms with E-state index < -0.39 is 0 Å². The second-order valence-corrected chi connectivity index (χ2v) is 2.39. The number of nitrogens with two attached hydrogens (primary N) is 1. The molecule has 1 rings (SSSR count). The van der Waals surface area contributed by atoms with E-state index in [2.05, 4.69) is 10.9 Å². The van der Waals surface area contributed by atoms with Crippen LogP contribution in [0.1, 0.15) is 6.42 Å². The molecule has 1 aliphatic rings. The number of aliphatic hydroxyl groups is 1. The van der Waals surface area contributed by atoms with Crippen LogP contribution in [0.4, 0.5) is 0 Å². The van der Waals surface area contributed by atoms with E-state index in [0.29, 0.717) is 18.5 Å². The van der Waals surface area contributed by atoms with Gasteiger partial charge in [-0.2, -0.15) is 0 Å². The summed E-state index contributed by atoms with van der Waals surface area (Å²) in [4.78, 5) is 3.85. The molecule has 3 heteroatoms. The Hall–Kier alpha value is -1.27. The Balaban J connectivity index is 2.67. The van der Waals surface area contributed by atoms with Crippen LogP contribution >= 0.6 is 0 Å². The molecule has 0 spiro atoms. The standard InChI is InChI=1S/C8H10N2O/c1-2-3-7(9)6-4-10-5-8(6)11/h1,4,7,11H,3,5,9H2/t7-/m0/s1. The first-order valence-corrected chi connectivity index (χ1v) is 3.36. The van der Waals surface area contributed by atoms with Gasteiger partial charge in [-0.25, -0.2) is 0 Å². The molecule has 1 atom stereocenters. The summed E-state index contributed by atoms with van der Waals surface area (Å²) in [5, 5.41) is 9.19. The summed E-state index contributed by atoms with van der Waals surface area (Å²) in [6.07, 6.45) is 7.08. The van der Waals surface area contributed by atoms with Crippen molar-refractivity contribution in [3.8, 4) is 12.3 Å². The number of aliphatic hydroxyl groups excluding tert-OH is 1. The molecule has 3 N–H and O–H groups in total. The maximum atomic E-state index is 9.19. The first-order chi connectivity index (χ1) is 5.25. The highest BCUT2D eigenvalue weighted by Crippen LogP contribution is 2.11. The summed E-state index contributed by atoms with van der Waals surface area (Å²) >= 11 is 0. The van der Waals surface area contributed by atoms with Crippen molar-refractivity contribution in [1.82, 2.24) is 0 Å². The van der Waals surface area contributed by atoms with Gasteiger partial charge in [0.15, 0.2) is 0 Å². The van der Waals surface area contributed by atoms with Gasteiger partial charge >= 0.3 is 0 Å². The van der Waals surface area contributed by atoms with Crippen molar-refractivity contribution in [2.24, 2.45) is 10.7 Å². The van der Waals surface area contributed by atoms with Crippen molar-refractivity contribution in [1.29, 1.82) is 0 Å². The van der Waals surface area contributed by atoms with E-state index in [1.165, 1.54) is 0 Å². The molecule has 0 aromatic carbocycles. The Morgan fingerprint density at radius 2 is 2.64 bits per heavy atom. The molecule has 58 valence electrons. The minimum Gasteiger partial charge on any atom is -0.510 e. The second kappa shape index (κ2) is 3.22. The molecule has 1 aliphatic heterocycles. The minimum atomic E-state index is -0.272. The second-order valence-electron chi connectivity index (χ2n) is 2.39. The summed E-state index contributed by atoms with van der Waals surface area (Å²) in [5.41, 5.74) is 6.30. The van der Waals surface area contributed by atoms with Gasteiger partial charge in [0.1, 0.15) is 5.76 Å². The van der Waals surface area contributed by atoms with Gasteiger partial charge in [0.2, 0.25) is 0 Å². The van der Waals surface area contributed by atoms with Crippen LogP contribution in [0.5, 0.6) is 0 Å². The topological polar surface area (TPSA) is 58.6 Å². The van der Waals surface area contributed by atoms with Crippen LogP contribution in [-0.2, 0) is 0 Å². The predicted octanol–water partition coefficient (Wildman–Crippen LogP) is 0.234. The third kappa shape index (κ3) is 1.60. The summed E-state index contributed by atoms with van der Waals surface area (Å²) in [7, 11) is 0. The highest BCUT2D eigenvalue weighted by Gasteiger charge is 2.14. The van der Waals surface area contributed by atoms with Crippen LogP contribution in [-0.4, -0.2) is 23.9 Å². The Kier molecular flexibility index (Phi) is 2.29. The zero-order chi connectivity index (χ0) is 8.27. The molecule has 0 aromatic rings. The van der Waals surface area contributed by atoms with Gasteiger partial charge < -0.3 is 10.8 Å². The number of hydrogen-bond donors (Lipinski definition) is 2. The van der Waals surface area contributed by atoms with Crippen molar-refractivity contribution in [3.05, 3.63) is 11.3 Å². The molecule has 0 saturated heterocycles. The largest absolute Gasteiger partial charge is 0.510 e.